The standard InChI is InChI=1S/C16H14O3S2/c17-20-11-12-21(18,19)16(20)15(13-7-3-1-4-8-13)14-9-5-2-6-10-14/h1-10H,11-12H2. The Morgan fingerprint density at radius 1 is 0.857 bits per heavy atom. The maximum Gasteiger partial charge on any atom is 0.188 e. The lowest BCUT2D eigenvalue weighted by Crippen LogP contribution is -2.05. The van der Waals surface area contributed by atoms with Crippen LogP contribution in [0, 0.1) is 0 Å². The van der Waals surface area contributed by atoms with E-state index in [9.17, 15) is 12.6 Å². The third kappa shape index (κ3) is 2.71. The van der Waals surface area contributed by atoms with Gasteiger partial charge in [-0.1, -0.05) is 60.7 Å². The molecule has 1 heterocycles. The summed E-state index contributed by atoms with van der Waals surface area (Å²) in [6.45, 7) is 0. The van der Waals surface area contributed by atoms with Gasteiger partial charge in [0.25, 0.3) is 0 Å². The van der Waals surface area contributed by atoms with Gasteiger partial charge < -0.3 is 0 Å². The molecule has 0 radical (unpaired) electrons. The minimum Gasteiger partial charge on any atom is -0.254 e. The number of benzene rings is 2. The van der Waals surface area contributed by atoms with Crippen LogP contribution in [-0.2, 0) is 20.6 Å². The normalized spacial score (nSPS) is 20.4. The van der Waals surface area contributed by atoms with Crippen LogP contribution in [-0.4, -0.2) is 24.1 Å². The second kappa shape index (κ2) is 5.58. The molecule has 0 N–H and O–H groups in total. The summed E-state index contributed by atoms with van der Waals surface area (Å²) < 4.78 is 36.9. The van der Waals surface area contributed by atoms with E-state index >= 15 is 0 Å². The Labute approximate surface area is 126 Å². The molecule has 2 aromatic rings. The van der Waals surface area contributed by atoms with E-state index in [2.05, 4.69) is 0 Å². The van der Waals surface area contributed by atoms with Crippen molar-refractivity contribution >= 4 is 26.2 Å². The van der Waals surface area contributed by atoms with Gasteiger partial charge in [0, 0.05) is 11.3 Å². The van der Waals surface area contributed by atoms with Crippen molar-refractivity contribution in [1.82, 2.24) is 0 Å². The van der Waals surface area contributed by atoms with Crippen molar-refractivity contribution < 1.29 is 12.6 Å². The fourth-order valence-electron chi connectivity index (χ4n) is 2.39. The molecule has 1 aliphatic rings. The molecular weight excluding hydrogens is 304 g/mol. The highest BCUT2D eigenvalue weighted by Crippen LogP contribution is 2.34. The SMILES string of the molecule is O=S1CCS(=O)(=O)C1=C(c1ccccc1)c1ccccc1. The fourth-order valence-corrected chi connectivity index (χ4v) is 6.89. The Bertz CT molecular complexity index is 766. The molecule has 5 heteroatoms. The quantitative estimate of drug-likeness (QED) is 0.855. The third-order valence-corrected chi connectivity index (χ3v) is 7.64. The number of sulfone groups is 1. The topological polar surface area (TPSA) is 51.2 Å². The largest absolute Gasteiger partial charge is 0.254 e. The molecule has 0 aliphatic carbocycles. The van der Waals surface area contributed by atoms with Crippen molar-refractivity contribution in [1.29, 1.82) is 0 Å². The molecule has 1 fully saturated rings. The summed E-state index contributed by atoms with van der Waals surface area (Å²) in [5, 5.41) is 0. The van der Waals surface area contributed by atoms with Crippen LogP contribution in [0.1, 0.15) is 11.1 Å². The van der Waals surface area contributed by atoms with Gasteiger partial charge in [0.1, 0.15) is 4.24 Å². The summed E-state index contributed by atoms with van der Waals surface area (Å²) >= 11 is 0. The van der Waals surface area contributed by atoms with Crippen LogP contribution < -0.4 is 0 Å². The van der Waals surface area contributed by atoms with Crippen LogP contribution in [0.25, 0.3) is 5.57 Å². The van der Waals surface area contributed by atoms with Crippen LogP contribution in [0.4, 0.5) is 0 Å². The van der Waals surface area contributed by atoms with Crippen molar-refractivity contribution in [2.24, 2.45) is 0 Å². The van der Waals surface area contributed by atoms with E-state index in [1.165, 1.54) is 0 Å². The molecule has 0 aromatic heterocycles. The highest BCUT2D eigenvalue weighted by molar-refractivity contribution is 8.15. The van der Waals surface area contributed by atoms with Crippen LogP contribution in [0.3, 0.4) is 0 Å². The molecule has 0 spiro atoms. The number of hydrogen-bond acceptors (Lipinski definition) is 3. The van der Waals surface area contributed by atoms with E-state index < -0.39 is 20.6 Å². The minimum atomic E-state index is -3.45. The lowest BCUT2D eigenvalue weighted by molar-refractivity contribution is 0.606. The summed E-state index contributed by atoms with van der Waals surface area (Å²) in [7, 11) is -4.92. The van der Waals surface area contributed by atoms with Crippen molar-refractivity contribution in [3.05, 3.63) is 76.0 Å². The first-order chi connectivity index (χ1) is 10.1. The molecule has 108 valence electrons. The molecule has 0 amide bonds. The smallest absolute Gasteiger partial charge is 0.188 e. The van der Waals surface area contributed by atoms with Gasteiger partial charge in [0.15, 0.2) is 9.84 Å². The molecule has 21 heavy (non-hydrogen) atoms. The summed E-state index contributed by atoms with van der Waals surface area (Å²) in [5.74, 6) is 0.138. The highest BCUT2D eigenvalue weighted by Gasteiger charge is 2.35. The zero-order chi connectivity index (χ0) is 14.9. The van der Waals surface area contributed by atoms with Crippen molar-refractivity contribution in [3.63, 3.8) is 0 Å². The zero-order valence-corrected chi connectivity index (χ0v) is 12.9. The first-order valence-corrected chi connectivity index (χ1v) is 9.53. The van der Waals surface area contributed by atoms with Crippen LogP contribution in [0.2, 0.25) is 0 Å². The summed E-state index contributed by atoms with van der Waals surface area (Å²) in [5.41, 5.74) is 2.11. The van der Waals surface area contributed by atoms with Gasteiger partial charge >= 0.3 is 0 Å². The molecule has 0 bridgehead atoms. The Kier molecular flexibility index (Phi) is 3.78. The molecule has 1 atom stereocenters. The lowest BCUT2D eigenvalue weighted by atomic mass is 10.00. The highest BCUT2D eigenvalue weighted by atomic mass is 32.3. The van der Waals surface area contributed by atoms with Gasteiger partial charge in [-0.2, -0.15) is 0 Å². The predicted molar refractivity (Wildman–Crippen MR) is 85.7 cm³/mol. The maximum atomic E-state index is 12.3. The zero-order valence-electron chi connectivity index (χ0n) is 11.2. The van der Waals surface area contributed by atoms with Gasteiger partial charge in [0.05, 0.1) is 16.6 Å². The van der Waals surface area contributed by atoms with Gasteiger partial charge in [0.2, 0.25) is 0 Å². The van der Waals surface area contributed by atoms with E-state index in [1.807, 2.05) is 60.7 Å². The first-order valence-electron chi connectivity index (χ1n) is 6.56. The van der Waals surface area contributed by atoms with E-state index in [0.717, 1.165) is 11.1 Å². The summed E-state index contributed by atoms with van der Waals surface area (Å²) in [4.78, 5) is 0. The second-order valence-corrected chi connectivity index (χ2v) is 8.57. The Hall–Kier alpha value is -1.72. The Morgan fingerprint density at radius 2 is 1.33 bits per heavy atom. The van der Waals surface area contributed by atoms with Gasteiger partial charge in [-0.3, -0.25) is 4.21 Å². The maximum absolute atomic E-state index is 12.3. The molecule has 1 saturated heterocycles. The Balaban J connectivity index is 2.35. The van der Waals surface area contributed by atoms with E-state index in [1.54, 1.807) is 0 Å². The fraction of sp³-hybridized carbons (Fsp3) is 0.125. The molecular formula is C16H14O3S2. The van der Waals surface area contributed by atoms with Crippen molar-refractivity contribution in [2.45, 2.75) is 0 Å². The van der Waals surface area contributed by atoms with Crippen LogP contribution in [0.15, 0.2) is 64.9 Å². The van der Waals surface area contributed by atoms with E-state index in [-0.39, 0.29) is 15.7 Å². The molecule has 3 rings (SSSR count). The monoisotopic (exact) mass is 318 g/mol. The third-order valence-electron chi connectivity index (χ3n) is 3.36. The summed E-state index contributed by atoms with van der Waals surface area (Å²) in [6.07, 6.45) is 0. The average Bonchev–Trinajstić information content (AvgIpc) is 2.77. The van der Waals surface area contributed by atoms with E-state index in [4.69, 9.17) is 0 Å². The molecule has 1 aliphatic heterocycles. The van der Waals surface area contributed by atoms with Crippen molar-refractivity contribution in [2.75, 3.05) is 11.5 Å². The second-order valence-electron chi connectivity index (χ2n) is 4.76. The van der Waals surface area contributed by atoms with Crippen LogP contribution in [0.5, 0.6) is 0 Å². The Morgan fingerprint density at radius 3 is 1.71 bits per heavy atom. The lowest BCUT2D eigenvalue weighted by Gasteiger charge is -2.11. The molecule has 0 saturated carbocycles. The van der Waals surface area contributed by atoms with E-state index in [0.29, 0.717) is 5.57 Å². The number of rotatable bonds is 2. The molecule has 2 aromatic carbocycles. The first kappa shape index (κ1) is 14.2. The molecule has 3 nitrogen and oxygen atoms in total. The molecule has 1 unspecified atom stereocenters. The van der Waals surface area contributed by atoms with Gasteiger partial charge in [-0.15, -0.1) is 0 Å². The van der Waals surface area contributed by atoms with Gasteiger partial charge in [-0.05, 0) is 11.1 Å². The summed E-state index contributed by atoms with van der Waals surface area (Å²) in [6, 6.07) is 18.5. The van der Waals surface area contributed by atoms with Gasteiger partial charge in [-0.25, -0.2) is 8.42 Å². The number of hydrogen-bond donors (Lipinski definition) is 0. The predicted octanol–water partition coefficient (Wildman–Crippen LogP) is 2.58. The van der Waals surface area contributed by atoms with Crippen LogP contribution >= 0.6 is 0 Å². The average molecular weight is 318 g/mol. The van der Waals surface area contributed by atoms with Crippen molar-refractivity contribution in [3.8, 4) is 0 Å². The minimum absolute atomic E-state index is 0.0435.